The molecule has 0 aromatic carbocycles. The van der Waals surface area contributed by atoms with E-state index < -0.39 is 0 Å². The van der Waals surface area contributed by atoms with Gasteiger partial charge in [-0.05, 0) is 39.5 Å². The van der Waals surface area contributed by atoms with Crippen molar-refractivity contribution in [2.24, 2.45) is 10.9 Å². The number of nitrogens with one attached hydrogen (secondary N) is 1. The highest BCUT2D eigenvalue weighted by atomic mass is 127. The Hall–Kier alpha value is -0.790. The molecule has 120 valence electrons. The van der Waals surface area contributed by atoms with Crippen LogP contribution in [0, 0.1) is 19.8 Å². The van der Waals surface area contributed by atoms with Crippen molar-refractivity contribution in [1.82, 2.24) is 15.4 Å². The molecule has 1 fully saturated rings. The van der Waals surface area contributed by atoms with Gasteiger partial charge in [0.15, 0.2) is 5.96 Å². The van der Waals surface area contributed by atoms with Gasteiger partial charge in [-0.2, -0.15) is 0 Å². The average Bonchev–Trinajstić information content (AvgIpc) is 2.74. The zero-order valence-corrected chi connectivity index (χ0v) is 15.8. The van der Waals surface area contributed by atoms with Gasteiger partial charge in [0.1, 0.15) is 5.76 Å². The molecule has 0 saturated carbocycles. The lowest BCUT2D eigenvalue weighted by Crippen LogP contribution is -2.46. The van der Waals surface area contributed by atoms with Crippen molar-refractivity contribution < 1.29 is 4.52 Å². The van der Waals surface area contributed by atoms with Crippen LogP contribution in [0.5, 0.6) is 0 Å². The molecule has 0 amide bonds. The van der Waals surface area contributed by atoms with E-state index in [1.165, 1.54) is 12.8 Å². The van der Waals surface area contributed by atoms with Crippen LogP contribution in [-0.2, 0) is 6.54 Å². The molecule has 1 aromatic heterocycles. The Morgan fingerprint density at radius 3 is 2.81 bits per heavy atom. The Labute approximate surface area is 144 Å². The van der Waals surface area contributed by atoms with Gasteiger partial charge in [0, 0.05) is 25.2 Å². The summed E-state index contributed by atoms with van der Waals surface area (Å²) in [6, 6.07) is 0. The van der Waals surface area contributed by atoms with Crippen LogP contribution in [0.15, 0.2) is 9.52 Å². The van der Waals surface area contributed by atoms with Crippen LogP contribution in [0.25, 0.3) is 0 Å². The summed E-state index contributed by atoms with van der Waals surface area (Å²) < 4.78 is 5.20. The molecule has 1 aromatic rings. The van der Waals surface area contributed by atoms with Crippen LogP contribution in [0.2, 0.25) is 0 Å². The molecule has 2 rings (SSSR count). The maximum atomic E-state index is 5.20. The molecule has 0 spiro atoms. The van der Waals surface area contributed by atoms with Gasteiger partial charge in [0.05, 0.1) is 12.2 Å². The Morgan fingerprint density at radius 1 is 1.48 bits per heavy atom. The Balaban J connectivity index is 0.00000220. The molecule has 0 bridgehead atoms. The lowest BCUT2D eigenvalue weighted by atomic mass is 10.0. The first-order valence-corrected chi connectivity index (χ1v) is 7.56. The third-order valence-electron chi connectivity index (χ3n) is 3.86. The van der Waals surface area contributed by atoms with Gasteiger partial charge < -0.3 is 14.7 Å². The monoisotopic (exact) mass is 406 g/mol. The van der Waals surface area contributed by atoms with Gasteiger partial charge in [0.2, 0.25) is 0 Å². The van der Waals surface area contributed by atoms with Crippen molar-refractivity contribution >= 4 is 29.9 Å². The number of hydrogen-bond acceptors (Lipinski definition) is 3. The van der Waals surface area contributed by atoms with Crippen LogP contribution in [0.1, 0.15) is 43.7 Å². The van der Waals surface area contributed by atoms with E-state index in [-0.39, 0.29) is 24.0 Å². The minimum absolute atomic E-state index is 0. The molecular formula is C15H27IN4O. The molecule has 1 unspecified atom stereocenters. The third kappa shape index (κ3) is 4.86. The minimum Gasteiger partial charge on any atom is -0.361 e. The Kier molecular flexibility index (Phi) is 7.48. The molecule has 1 aliphatic heterocycles. The van der Waals surface area contributed by atoms with E-state index in [1.807, 2.05) is 13.8 Å². The number of guanidine groups is 1. The molecule has 1 atom stereocenters. The van der Waals surface area contributed by atoms with Crippen molar-refractivity contribution in [3.8, 4) is 0 Å². The lowest BCUT2D eigenvalue weighted by molar-refractivity contribution is 0.266. The second-order valence-corrected chi connectivity index (χ2v) is 5.67. The molecule has 1 saturated heterocycles. The van der Waals surface area contributed by atoms with Crippen molar-refractivity contribution in [3.63, 3.8) is 0 Å². The van der Waals surface area contributed by atoms with E-state index in [2.05, 4.69) is 29.2 Å². The van der Waals surface area contributed by atoms with Crippen molar-refractivity contribution in [2.45, 2.75) is 47.1 Å². The quantitative estimate of drug-likeness (QED) is 0.476. The number of hydrogen-bond donors (Lipinski definition) is 1. The first kappa shape index (κ1) is 18.3. The fourth-order valence-corrected chi connectivity index (χ4v) is 2.69. The fraction of sp³-hybridized carbons (Fsp3) is 0.733. The number of aromatic nitrogens is 1. The molecule has 21 heavy (non-hydrogen) atoms. The summed E-state index contributed by atoms with van der Waals surface area (Å²) in [5.41, 5.74) is 2.04. The zero-order chi connectivity index (χ0) is 14.5. The normalized spacial score (nSPS) is 19.3. The highest BCUT2D eigenvalue weighted by molar-refractivity contribution is 14.0. The zero-order valence-electron chi connectivity index (χ0n) is 13.5. The predicted octanol–water partition coefficient (Wildman–Crippen LogP) is 3.11. The summed E-state index contributed by atoms with van der Waals surface area (Å²) in [6.45, 7) is 12.0. The second kappa shape index (κ2) is 8.60. The number of rotatable bonds is 3. The number of piperidine rings is 1. The van der Waals surface area contributed by atoms with E-state index in [9.17, 15) is 0 Å². The van der Waals surface area contributed by atoms with Gasteiger partial charge in [-0.25, -0.2) is 4.99 Å². The van der Waals surface area contributed by atoms with E-state index >= 15 is 0 Å². The molecule has 1 N–H and O–H groups in total. The summed E-state index contributed by atoms with van der Waals surface area (Å²) in [5.74, 6) is 2.62. The third-order valence-corrected chi connectivity index (χ3v) is 3.86. The van der Waals surface area contributed by atoms with E-state index in [0.29, 0.717) is 6.54 Å². The standard InChI is InChI=1S/C15H26N4O.HI/c1-5-16-15(19-8-6-7-11(2)10-19)17-9-14-12(3)18-20-13(14)4;/h11H,5-10H2,1-4H3,(H,16,17);1H. The number of nitrogens with zero attached hydrogens (tertiary/aromatic N) is 3. The highest BCUT2D eigenvalue weighted by Crippen LogP contribution is 2.17. The van der Waals surface area contributed by atoms with Gasteiger partial charge in [-0.1, -0.05) is 12.1 Å². The van der Waals surface area contributed by atoms with E-state index in [0.717, 1.165) is 48.5 Å². The predicted molar refractivity (Wildman–Crippen MR) is 96.2 cm³/mol. The molecule has 0 radical (unpaired) electrons. The first-order chi connectivity index (χ1) is 9.61. The molecule has 1 aliphatic rings. The van der Waals surface area contributed by atoms with Gasteiger partial charge in [-0.15, -0.1) is 24.0 Å². The number of likely N-dealkylation sites (tertiary alicyclic amines) is 1. The summed E-state index contributed by atoms with van der Waals surface area (Å²) in [7, 11) is 0. The summed E-state index contributed by atoms with van der Waals surface area (Å²) in [6.07, 6.45) is 2.57. The largest absolute Gasteiger partial charge is 0.361 e. The summed E-state index contributed by atoms with van der Waals surface area (Å²) in [4.78, 5) is 7.14. The minimum atomic E-state index is 0. The molecule has 6 heteroatoms. The maximum absolute atomic E-state index is 5.20. The van der Waals surface area contributed by atoms with Crippen LogP contribution < -0.4 is 5.32 Å². The SMILES string of the molecule is CCNC(=NCc1c(C)noc1C)N1CCCC(C)C1.I. The average molecular weight is 406 g/mol. The Bertz CT molecular complexity index is 453. The van der Waals surface area contributed by atoms with Crippen LogP contribution in [-0.4, -0.2) is 35.7 Å². The number of halogens is 1. The number of aryl methyl sites for hydroxylation is 2. The first-order valence-electron chi connectivity index (χ1n) is 7.56. The topological polar surface area (TPSA) is 53.7 Å². The van der Waals surface area contributed by atoms with Gasteiger partial charge >= 0.3 is 0 Å². The van der Waals surface area contributed by atoms with E-state index in [4.69, 9.17) is 9.52 Å². The maximum Gasteiger partial charge on any atom is 0.194 e. The van der Waals surface area contributed by atoms with Crippen molar-refractivity contribution in [3.05, 3.63) is 17.0 Å². The molecular weight excluding hydrogens is 379 g/mol. The molecule has 2 heterocycles. The highest BCUT2D eigenvalue weighted by Gasteiger charge is 2.19. The number of aliphatic imine (C=N–C) groups is 1. The van der Waals surface area contributed by atoms with Crippen molar-refractivity contribution in [2.75, 3.05) is 19.6 Å². The molecule has 5 nitrogen and oxygen atoms in total. The van der Waals surface area contributed by atoms with Crippen LogP contribution in [0.3, 0.4) is 0 Å². The van der Waals surface area contributed by atoms with Crippen LogP contribution >= 0.6 is 24.0 Å². The summed E-state index contributed by atoms with van der Waals surface area (Å²) in [5, 5.41) is 7.39. The smallest absolute Gasteiger partial charge is 0.194 e. The van der Waals surface area contributed by atoms with Crippen LogP contribution in [0.4, 0.5) is 0 Å². The Morgan fingerprint density at radius 2 is 2.24 bits per heavy atom. The van der Waals surface area contributed by atoms with Crippen molar-refractivity contribution in [1.29, 1.82) is 0 Å². The fourth-order valence-electron chi connectivity index (χ4n) is 2.69. The lowest BCUT2D eigenvalue weighted by Gasteiger charge is -2.33. The molecule has 0 aliphatic carbocycles. The second-order valence-electron chi connectivity index (χ2n) is 5.67. The van der Waals surface area contributed by atoms with Gasteiger partial charge in [0.25, 0.3) is 0 Å². The summed E-state index contributed by atoms with van der Waals surface area (Å²) >= 11 is 0. The van der Waals surface area contributed by atoms with Gasteiger partial charge in [-0.3, -0.25) is 0 Å². The van der Waals surface area contributed by atoms with E-state index in [1.54, 1.807) is 0 Å².